The number of rotatable bonds is 4. The van der Waals surface area contributed by atoms with E-state index in [1.54, 1.807) is 7.11 Å². The van der Waals surface area contributed by atoms with Gasteiger partial charge in [0.2, 0.25) is 5.88 Å². The number of ether oxygens (including phenoxy) is 1. The summed E-state index contributed by atoms with van der Waals surface area (Å²) in [6.45, 7) is 10.5. The minimum absolute atomic E-state index is 0.506. The fourth-order valence-corrected chi connectivity index (χ4v) is 4.75. The van der Waals surface area contributed by atoms with Crippen LogP contribution >= 0.6 is 0 Å². The number of aromatic nitrogens is 3. The number of nitrogens with zero attached hydrogens (tertiary/aromatic N) is 3. The molecule has 2 aromatic carbocycles. The smallest absolute Gasteiger partial charge is 0.222 e. The van der Waals surface area contributed by atoms with Crippen molar-refractivity contribution in [3.8, 4) is 17.3 Å². The zero-order valence-corrected chi connectivity index (χ0v) is 19.5. The van der Waals surface area contributed by atoms with Crippen LogP contribution in [0.5, 0.6) is 5.88 Å². The summed E-state index contributed by atoms with van der Waals surface area (Å²) in [4.78, 5) is 15.7. The van der Waals surface area contributed by atoms with Gasteiger partial charge in [0.15, 0.2) is 5.82 Å². The molecule has 0 atom stereocenters. The molecule has 1 aliphatic heterocycles. The van der Waals surface area contributed by atoms with Gasteiger partial charge < -0.3 is 14.6 Å². The minimum Gasteiger partial charge on any atom is -0.481 e. The lowest BCUT2D eigenvalue weighted by Gasteiger charge is -2.32. The summed E-state index contributed by atoms with van der Waals surface area (Å²) >= 11 is 0. The molecule has 0 saturated heterocycles. The van der Waals surface area contributed by atoms with Crippen LogP contribution in [0.3, 0.4) is 0 Å². The van der Waals surface area contributed by atoms with Crippen LogP contribution in [0.4, 0.5) is 5.69 Å². The zero-order chi connectivity index (χ0) is 22.4. The first kappa shape index (κ1) is 20.6. The molecule has 0 unspecified atom stereocenters. The molecule has 0 radical (unpaired) electrons. The van der Waals surface area contributed by atoms with Gasteiger partial charge in [0.25, 0.3) is 0 Å². The molecular formula is C27H30N4O. The van der Waals surface area contributed by atoms with Crippen molar-refractivity contribution in [2.45, 2.75) is 46.6 Å². The highest BCUT2D eigenvalue weighted by molar-refractivity contribution is 5.96. The van der Waals surface area contributed by atoms with Crippen molar-refractivity contribution >= 4 is 16.6 Å². The van der Waals surface area contributed by atoms with E-state index in [4.69, 9.17) is 14.7 Å². The summed E-state index contributed by atoms with van der Waals surface area (Å²) < 4.78 is 5.79. The zero-order valence-electron chi connectivity index (χ0n) is 19.5. The van der Waals surface area contributed by atoms with Crippen LogP contribution in [0.1, 0.15) is 47.7 Å². The Bertz CT molecular complexity index is 1290. The van der Waals surface area contributed by atoms with E-state index in [9.17, 15) is 0 Å². The lowest BCUT2D eigenvalue weighted by Crippen LogP contribution is -2.32. The molecule has 0 fully saturated rings. The second kappa shape index (κ2) is 7.97. The lowest BCUT2D eigenvalue weighted by molar-refractivity contribution is 0.388. The fourth-order valence-electron chi connectivity index (χ4n) is 4.75. The summed E-state index contributed by atoms with van der Waals surface area (Å²) in [5.74, 6) is 1.92. The Morgan fingerprint density at radius 2 is 1.91 bits per heavy atom. The highest BCUT2D eigenvalue weighted by Gasteiger charge is 2.25. The van der Waals surface area contributed by atoms with Gasteiger partial charge in [-0.25, -0.2) is 4.98 Å². The molecule has 32 heavy (non-hydrogen) atoms. The van der Waals surface area contributed by atoms with Crippen LogP contribution in [0.25, 0.3) is 22.3 Å². The molecule has 5 heteroatoms. The van der Waals surface area contributed by atoms with Crippen LogP contribution in [0, 0.1) is 13.8 Å². The summed E-state index contributed by atoms with van der Waals surface area (Å²) in [5, 5.41) is 1.17. The Morgan fingerprint density at radius 3 is 2.69 bits per heavy atom. The summed E-state index contributed by atoms with van der Waals surface area (Å²) in [7, 11) is 1.71. The number of anilines is 1. The summed E-state index contributed by atoms with van der Waals surface area (Å²) in [6, 6.07) is 13.0. The molecule has 0 bridgehead atoms. The maximum absolute atomic E-state index is 5.79. The Kier molecular flexibility index (Phi) is 5.12. The maximum Gasteiger partial charge on any atom is 0.222 e. The van der Waals surface area contributed by atoms with Gasteiger partial charge >= 0.3 is 0 Å². The van der Waals surface area contributed by atoms with Crippen molar-refractivity contribution in [3.63, 3.8) is 0 Å². The molecule has 0 amide bonds. The third-order valence-electron chi connectivity index (χ3n) is 6.60. The van der Waals surface area contributed by atoms with Gasteiger partial charge in [-0.05, 0) is 48.6 Å². The average Bonchev–Trinajstić information content (AvgIpc) is 3.19. The van der Waals surface area contributed by atoms with E-state index in [-0.39, 0.29) is 0 Å². The third kappa shape index (κ3) is 3.42. The van der Waals surface area contributed by atoms with Crippen molar-refractivity contribution in [1.82, 2.24) is 15.0 Å². The van der Waals surface area contributed by atoms with Gasteiger partial charge in [-0.1, -0.05) is 38.1 Å². The van der Waals surface area contributed by atoms with Crippen molar-refractivity contribution in [2.75, 3.05) is 18.6 Å². The van der Waals surface area contributed by atoms with Crippen molar-refractivity contribution < 1.29 is 4.74 Å². The van der Waals surface area contributed by atoms with Gasteiger partial charge in [0, 0.05) is 41.3 Å². The Balaban J connectivity index is 1.56. The molecule has 2 aromatic heterocycles. The molecule has 4 aromatic rings. The number of nitrogens with one attached hydrogen (secondary N) is 1. The predicted octanol–water partition coefficient (Wildman–Crippen LogP) is 5.94. The molecule has 0 saturated carbocycles. The predicted molar refractivity (Wildman–Crippen MR) is 131 cm³/mol. The average molecular weight is 427 g/mol. The van der Waals surface area contributed by atoms with E-state index in [1.165, 1.54) is 27.8 Å². The first-order valence-corrected chi connectivity index (χ1v) is 11.3. The van der Waals surface area contributed by atoms with Gasteiger partial charge in [0.1, 0.15) is 0 Å². The molecule has 0 aliphatic carbocycles. The van der Waals surface area contributed by atoms with Crippen LogP contribution in [0.2, 0.25) is 0 Å². The maximum atomic E-state index is 5.79. The molecule has 1 aliphatic rings. The Labute approximate surface area is 189 Å². The van der Waals surface area contributed by atoms with E-state index < -0.39 is 0 Å². The van der Waals surface area contributed by atoms with E-state index in [0.717, 1.165) is 47.7 Å². The van der Waals surface area contributed by atoms with E-state index in [2.05, 4.69) is 74.0 Å². The van der Waals surface area contributed by atoms with Crippen LogP contribution < -0.4 is 9.64 Å². The van der Waals surface area contributed by atoms with E-state index >= 15 is 0 Å². The van der Waals surface area contributed by atoms with Gasteiger partial charge in [-0.15, -0.1) is 0 Å². The first-order valence-electron chi connectivity index (χ1n) is 11.3. The largest absolute Gasteiger partial charge is 0.481 e. The van der Waals surface area contributed by atoms with Crippen LogP contribution in [-0.2, 0) is 13.0 Å². The second-order valence-electron chi connectivity index (χ2n) is 9.05. The number of hydrogen-bond donors (Lipinski definition) is 1. The fraction of sp³-hybridized carbons (Fsp3) is 0.333. The Morgan fingerprint density at radius 1 is 1.06 bits per heavy atom. The van der Waals surface area contributed by atoms with E-state index in [0.29, 0.717) is 11.8 Å². The molecule has 164 valence electrons. The number of aromatic amines is 1. The van der Waals surface area contributed by atoms with Gasteiger partial charge in [-0.2, -0.15) is 4.98 Å². The van der Waals surface area contributed by atoms with Crippen LogP contribution in [-0.4, -0.2) is 28.6 Å². The number of fused-ring (bicyclic) bond motifs is 2. The monoisotopic (exact) mass is 426 g/mol. The molecule has 3 heterocycles. The number of aryl methyl sites for hydroxylation is 2. The molecule has 5 rings (SSSR count). The molecule has 5 nitrogen and oxygen atoms in total. The molecule has 1 N–H and O–H groups in total. The highest BCUT2D eigenvalue weighted by Crippen LogP contribution is 2.35. The molecular weight excluding hydrogens is 396 g/mol. The lowest BCUT2D eigenvalue weighted by atomic mass is 9.98. The van der Waals surface area contributed by atoms with Crippen molar-refractivity contribution in [1.29, 1.82) is 0 Å². The Hall–Kier alpha value is -3.34. The van der Waals surface area contributed by atoms with E-state index in [1.807, 2.05) is 6.20 Å². The second-order valence-corrected chi connectivity index (χ2v) is 9.05. The van der Waals surface area contributed by atoms with Gasteiger partial charge in [0.05, 0.1) is 24.9 Å². The SMILES string of the molecule is COc1nc(-c2cccc3[nH]cc(C)c23)nc2c1CN(c1cc(C(C)C)ccc1C)CC2. The van der Waals surface area contributed by atoms with Crippen LogP contribution in [0.15, 0.2) is 42.6 Å². The number of H-pyrrole nitrogens is 1. The normalized spacial score (nSPS) is 13.6. The summed E-state index contributed by atoms with van der Waals surface area (Å²) in [5.41, 5.74) is 9.48. The standard InChI is InChI=1S/C27H30N4O/c1-16(2)19-10-9-17(3)24(13-19)31-12-11-22-21(15-31)27(32-5)30-26(29-22)20-7-6-8-23-25(20)18(4)14-28-23/h6-10,13-14,16,28H,11-12,15H2,1-5H3. The number of hydrogen-bond acceptors (Lipinski definition) is 4. The first-order chi connectivity index (χ1) is 15.5. The number of methoxy groups -OCH3 is 1. The van der Waals surface area contributed by atoms with Crippen molar-refractivity contribution in [2.24, 2.45) is 0 Å². The minimum atomic E-state index is 0.506. The van der Waals surface area contributed by atoms with Gasteiger partial charge in [-0.3, -0.25) is 0 Å². The third-order valence-corrected chi connectivity index (χ3v) is 6.60. The highest BCUT2D eigenvalue weighted by atomic mass is 16.5. The van der Waals surface area contributed by atoms with Crippen molar-refractivity contribution in [3.05, 3.63) is 70.5 Å². The summed E-state index contributed by atoms with van der Waals surface area (Å²) in [6.07, 6.45) is 2.91. The number of benzene rings is 2. The molecule has 0 spiro atoms. The topological polar surface area (TPSA) is 54.0 Å². The quantitative estimate of drug-likeness (QED) is 0.439.